The van der Waals surface area contributed by atoms with Crippen LogP contribution in [0, 0.1) is 6.92 Å². The first-order chi connectivity index (χ1) is 9.72. The Kier molecular flexibility index (Phi) is 5.38. The summed E-state index contributed by atoms with van der Waals surface area (Å²) in [5.74, 6) is 1.54. The molecule has 0 aliphatic heterocycles. The minimum absolute atomic E-state index is 0.516. The third-order valence-corrected chi connectivity index (χ3v) is 3.67. The Morgan fingerprint density at radius 1 is 1.25 bits per heavy atom. The van der Waals surface area contributed by atoms with Gasteiger partial charge in [0.05, 0.1) is 16.5 Å². The highest BCUT2D eigenvalue weighted by Crippen LogP contribution is 2.29. The van der Waals surface area contributed by atoms with Gasteiger partial charge in [0.15, 0.2) is 11.5 Å². The van der Waals surface area contributed by atoms with Crippen LogP contribution in [0.15, 0.2) is 24.4 Å². The molecule has 0 saturated heterocycles. The average Bonchev–Trinajstić information content (AvgIpc) is 2.84. The number of benzene rings is 1. The third kappa shape index (κ3) is 3.95. The van der Waals surface area contributed by atoms with Crippen LogP contribution in [0.5, 0.6) is 11.5 Å². The monoisotopic (exact) mass is 292 g/mol. The third-order valence-electron chi connectivity index (χ3n) is 2.78. The number of hydrogen-bond acceptors (Lipinski definition) is 5. The second-order valence-electron chi connectivity index (χ2n) is 4.39. The summed E-state index contributed by atoms with van der Waals surface area (Å²) in [5, 5.41) is 1.05. The van der Waals surface area contributed by atoms with Gasteiger partial charge in [0, 0.05) is 6.20 Å². The van der Waals surface area contributed by atoms with Crippen molar-refractivity contribution in [2.45, 2.75) is 26.9 Å². The van der Waals surface area contributed by atoms with Crippen LogP contribution < -0.4 is 15.2 Å². The summed E-state index contributed by atoms with van der Waals surface area (Å²) < 4.78 is 11.5. The normalized spacial score (nSPS) is 10.6. The Labute approximate surface area is 123 Å². The molecule has 0 radical (unpaired) electrons. The lowest BCUT2D eigenvalue weighted by atomic mass is 10.1. The lowest BCUT2D eigenvalue weighted by molar-refractivity contribution is 0.271. The Bertz CT molecular complexity index is 555. The highest BCUT2D eigenvalue weighted by atomic mass is 32.1. The zero-order chi connectivity index (χ0) is 14.4. The molecule has 0 unspecified atom stereocenters. The Balaban J connectivity index is 2.09. The molecule has 4 nitrogen and oxygen atoms in total. The Hall–Kier alpha value is -1.59. The second-order valence-corrected chi connectivity index (χ2v) is 5.71. The molecule has 0 saturated carbocycles. The van der Waals surface area contributed by atoms with E-state index < -0.39 is 0 Å². The number of ether oxygens (including phenoxy) is 2. The van der Waals surface area contributed by atoms with E-state index in [1.165, 1.54) is 0 Å². The molecule has 2 rings (SSSR count). The molecule has 2 aromatic rings. The zero-order valence-corrected chi connectivity index (χ0v) is 12.7. The number of thiazole rings is 1. The average molecular weight is 292 g/mol. The number of nitrogens with two attached hydrogens (primary N) is 1. The first-order valence-corrected chi connectivity index (χ1v) is 7.54. The highest BCUT2D eigenvalue weighted by molar-refractivity contribution is 7.11. The van der Waals surface area contributed by atoms with Crippen LogP contribution in [0.2, 0.25) is 0 Å². The summed E-state index contributed by atoms with van der Waals surface area (Å²) in [6.07, 6.45) is 2.69. The quantitative estimate of drug-likeness (QED) is 0.852. The fourth-order valence-electron chi connectivity index (χ4n) is 1.88. The van der Waals surface area contributed by atoms with Crippen molar-refractivity contribution in [3.63, 3.8) is 0 Å². The van der Waals surface area contributed by atoms with Gasteiger partial charge in [-0.2, -0.15) is 0 Å². The van der Waals surface area contributed by atoms with Gasteiger partial charge in [0.25, 0.3) is 0 Å². The summed E-state index contributed by atoms with van der Waals surface area (Å²) in [6.45, 7) is 5.71. The number of nitrogens with zero attached hydrogens (tertiary/aromatic N) is 1. The van der Waals surface area contributed by atoms with E-state index in [4.69, 9.17) is 15.2 Å². The van der Waals surface area contributed by atoms with Crippen molar-refractivity contribution in [3.8, 4) is 11.5 Å². The van der Waals surface area contributed by atoms with Crippen molar-refractivity contribution in [2.75, 3.05) is 13.2 Å². The highest BCUT2D eigenvalue weighted by Gasteiger charge is 2.07. The molecule has 0 amide bonds. The van der Waals surface area contributed by atoms with Crippen molar-refractivity contribution >= 4 is 11.3 Å². The van der Waals surface area contributed by atoms with Gasteiger partial charge in [-0.1, -0.05) is 6.07 Å². The van der Waals surface area contributed by atoms with Gasteiger partial charge in [-0.3, -0.25) is 0 Å². The molecule has 1 aromatic heterocycles. The van der Waals surface area contributed by atoms with Crippen LogP contribution in [-0.4, -0.2) is 18.1 Å². The van der Waals surface area contributed by atoms with E-state index in [9.17, 15) is 0 Å². The smallest absolute Gasteiger partial charge is 0.161 e. The maximum atomic E-state index is 5.84. The van der Waals surface area contributed by atoms with Gasteiger partial charge < -0.3 is 15.2 Å². The minimum atomic E-state index is 0.516. The van der Waals surface area contributed by atoms with E-state index in [2.05, 4.69) is 4.98 Å². The van der Waals surface area contributed by atoms with E-state index in [0.717, 1.165) is 33.4 Å². The molecule has 2 N–H and O–H groups in total. The van der Waals surface area contributed by atoms with Crippen LogP contribution in [0.3, 0.4) is 0 Å². The van der Waals surface area contributed by atoms with Gasteiger partial charge >= 0.3 is 0 Å². The summed E-state index contributed by atoms with van der Waals surface area (Å²) in [5.41, 5.74) is 6.75. The maximum absolute atomic E-state index is 5.84. The molecule has 1 heterocycles. The van der Waals surface area contributed by atoms with Gasteiger partial charge in [-0.15, -0.1) is 11.3 Å². The summed E-state index contributed by atoms with van der Waals surface area (Å²) in [6, 6.07) is 5.98. The van der Waals surface area contributed by atoms with Gasteiger partial charge in [0.2, 0.25) is 0 Å². The summed E-state index contributed by atoms with van der Waals surface area (Å²) in [4.78, 5) is 5.33. The topological polar surface area (TPSA) is 57.4 Å². The van der Waals surface area contributed by atoms with E-state index in [1.807, 2.05) is 38.2 Å². The molecule has 1 aromatic carbocycles. The standard InChI is InChI=1S/C15H20N2O2S/c1-3-18-15-8-12(6-7-16)4-5-14(15)19-10-13-9-17-11(2)20-13/h4-5,8-9H,3,6-7,10,16H2,1-2H3. The zero-order valence-electron chi connectivity index (χ0n) is 11.9. The van der Waals surface area contributed by atoms with Gasteiger partial charge in [0.1, 0.15) is 6.61 Å². The van der Waals surface area contributed by atoms with Crippen LogP contribution in [-0.2, 0) is 13.0 Å². The van der Waals surface area contributed by atoms with Crippen LogP contribution in [0.4, 0.5) is 0 Å². The lowest BCUT2D eigenvalue weighted by Gasteiger charge is -2.12. The van der Waals surface area contributed by atoms with Crippen molar-refractivity contribution in [2.24, 2.45) is 5.73 Å². The largest absolute Gasteiger partial charge is 0.490 e. The van der Waals surface area contributed by atoms with E-state index >= 15 is 0 Å². The van der Waals surface area contributed by atoms with E-state index in [0.29, 0.717) is 19.8 Å². The molecular weight excluding hydrogens is 272 g/mol. The molecule has 0 aliphatic rings. The van der Waals surface area contributed by atoms with E-state index in [1.54, 1.807) is 11.3 Å². The second kappa shape index (κ2) is 7.26. The lowest BCUT2D eigenvalue weighted by Crippen LogP contribution is -2.04. The number of hydrogen-bond donors (Lipinski definition) is 1. The SMILES string of the molecule is CCOc1cc(CCN)ccc1OCc1cnc(C)s1. The molecule has 5 heteroatoms. The first-order valence-electron chi connectivity index (χ1n) is 6.72. The van der Waals surface area contributed by atoms with Gasteiger partial charge in [-0.25, -0.2) is 4.98 Å². The number of aryl methyl sites for hydroxylation is 1. The molecule has 0 bridgehead atoms. The first kappa shape index (κ1) is 14.8. The van der Waals surface area contributed by atoms with Crippen molar-refractivity contribution in [1.29, 1.82) is 0 Å². The van der Waals surface area contributed by atoms with Crippen molar-refractivity contribution in [1.82, 2.24) is 4.98 Å². The molecule has 108 valence electrons. The fraction of sp³-hybridized carbons (Fsp3) is 0.400. The van der Waals surface area contributed by atoms with Gasteiger partial charge in [-0.05, 0) is 44.5 Å². The maximum Gasteiger partial charge on any atom is 0.161 e. The van der Waals surface area contributed by atoms with Crippen LogP contribution >= 0.6 is 11.3 Å². The number of rotatable bonds is 7. The minimum Gasteiger partial charge on any atom is -0.490 e. The molecular formula is C15H20N2O2S. The summed E-state index contributed by atoms with van der Waals surface area (Å²) in [7, 11) is 0. The fourth-order valence-corrected chi connectivity index (χ4v) is 2.59. The Morgan fingerprint density at radius 2 is 2.10 bits per heavy atom. The molecule has 0 atom stereocenters. The molecule has 0 aliphatic carbocycles. The predicted molar refractivity (Wildman–Crippen MR) is 81.6 cm³/mol. The predicted octanol–water partition coefficient (Wildman–Crippen LogP) is 2.93. The van der Waals surface area contributed by atoms with E-state index in [-0.39, 0.29) is 0 Å². The molecule has 0 fully saturated rings. The number of aromatic nitrogens is 1. The van der Waals surface area contributed by atoms with Crippen molar-refractivity contribution in [3.05, 3.63) is 39.8 Å². The molecule has 0 spiro atoms. The Morgan fingerprint density at radius 3 is 2.75 bits per heavy atom. The van der Waals surface area contributed by atoms with Crippen LogP contribution in [0.1, 0.15) is 22.4 Å². The van der Waals surface area contributed by atoms with Crippen LogP contribution in [0.25, 0.3) is 0 Å². The van der Waals surface area contributed by atoms with Crippen molar-refractivity contribution < 1.29 is 9.47 Å². The molecule has 20 heavy (non-hydrogen) atoms. The summed E-state index contributed by atoms with van der Waals surface area (Å²) >= 11 is 1.64.